The molecule has 0 aromatic rings. The third-order valence-corrected chi connectivity index (χ3v) is 9.29. The van der Waals surface area contributed by atoms with Crippen molar-refractivity contribution in [2.24, 2.45) is 11.8 Å². The molecule has 0 radical (unpaired) electrons. The first kappa shape index (κ1) is 39.8. The summed E-state index contributed by atoms with van der Waals surface area (Å²) < 4.78 is 0. The van der Waals surface area contributed by atoms with Gasteiger partial charge in [-0.2, -0.15) is 0 Å². The van der Waals surface area contributed by atoms with Crippen LogP contribution in [0.4, 0.5) is 0 Å². The minimum Gasteiger partial charge on any atom is -0.317 e. The number of hydrogen-bond acceptors (Lipinski definition) is 4. The number of unbranched alkanes of at least 4 members (excludes halogenated alkanes) is 7. The predicted octanol–water partition coefficient (Wildman–Crippen LogP) is 9.14. The molecule has 40 heavy (non-hydrogen) atoms. The first-order chi connectivity index (χ1) is 19.5. The molecule has 0 bridgehead atoms. The summed E-state index contributed by atoms with van der Waals surface area (Å²) in [6.45, 7) is 29.0. The fourth-order valence-electron chi connectivity index (χ4n) is 6.52. The quantitative estimate of drug-likeness (QED) is 0.0819. The summed E-state index contributed by atoms with van der Waals surface area (Å²) in [5.41, 5.74) is 0. The maximum atomic E-state index is 3.76. The highest BCUT2D eigenvalue weighted by Crippen LogP contribution is 2.21. The van der Waals surface area contributed by atoms with Crippen LogP contribution in [0, 0.1) is 11.8 Å². The Morgan fingerprint density at radius 2 is 0.750 bits per heavy atom. The van der Waals surface area contributed by atoms with E-state index in [0.29, 0.717) is 0 Å². The molecular weight excluding hydrogens is 488 g/mol. The first-order valence-electron chi connectivity index (χ1n) is 18.4. The van der Waals surface area contributed by atoms with E-state index < -0.39 is 0 Å². The fourth-order valence-corrected chi connectivity index (χ4v) is 6.52. The van der Waals surface area contributed by atoms with Crippen LogP contribution in [0.3, 0.4) is 0 Å². The minimum absolute atomic E-state index is 0.754. The third-order valence-electron chi connectivity index (χ3n) is 9.29. The molecule has 0 aromatic carbocycles. The summed E-state index contributed by atoms with van der Waals surface area (Å²) in [5.74, 6) is 1.56. The second-order valence-corrected chi connectivity index (χ2v) is 12.9. The van der Waals surface area contributed by atoms with Gasteiger partial charge in [-0.15, -0.1) is 0 Å². The third kappa shape index (κ3) is 19.9. The molecule has 0 aromatic heterocycles. The number of nitrogens with one attached hydrogen (secondary N) is 2. The maximum Gasteiger partial charge on any atom is 0.0119 e. The Morgan fingerprint density at radius 3 is 1.02 bits per heavy atom. The van der Waals surface area contributed by atoms with Crippen LogP contribution in [0.5, 0.6) is 0 Å². The van der Waals surface area contributed by atoms with Gasteiger partial charge in [-0.25, -0.2) is 0 Å². The van der Waals surface area contributed by atoms with Gasteiger partial charge in [0.05, 0.1) is 0 Å². The SMILES string of the molecule is CCCCN(CCCC)C(CC)C(C)CCNCCCCCCNCCC(C)C(CC)N(CCCC)CCCC. The summed E-state index contributed by atoms with van der Waals surface area (Å²) in [7, 11) is 0. The zero-order valence-electron chi connectivity index (χ0n) is 29.2. The topological polar surface area (TPSA) is 30.5 Å². The fraction of sp³-hybridized carbons (Fsp3) is 1.00. The smallest absolute Gasteiger partial charge is 0.0119 e. The molecule has 0 heterocycles. The van der Waals surface area contributed by atoms with Gasteiger partial charge < -0.3 is 20.4 Å². The molecule has 0 amide bonds. The Kier molecular flexibility index (Phi) is 28.8. The van der Waals surface area contributed by atoms with Gasteiger partial charge in [0.2, 0.25) is 0 Å². The molecule has 0 saturated carbocycles. The van der Waals surface area contributed by atoms with Gasteiger partial charge in [0, 0.05) is 12.1 Å². The van der Waals surface area contributed by atoms with E-state index in [-0.39, 0.29) is 0 Å². The van der Waals surface area contributed by atoms with Crippen molar-refractivity contribution in [1.29, 1.82) is 0 Å². The van der Waals surface area contributed by atoms with Crippen molar-refractivity contribution in [3.63, 3.8) is 0 Å². The molecule has 0 aliphatic heterocycles. The Morgan fingerprint density at radius 1 is 0.425 bits per heavy atom. The second kappa shape index (κ2) is 28.9. The summed E-state index contributed by atoms with van der Waals surface area (Å²) >= 11 is 0. The number of nitrogens with zero attached hydrogens (tertiary/aromatic N) is 2. The summed E-state index contributed by atoms with van der Waals surface area (Å²) in [4.78, 5) is 5.62. The average molecular weight is 567 g/mol. The summed E-state index contributed by atoms with van der Waals surface area (Å²) in [6.07, 6.45) is 21.2. The van der Waals surface area contributed by atoms with Gasteiger partial charge >= 0.3 is 0 Å². The molecule has 4 heteroatoms. The van der Waals surface area contributed by atoms with Crippen molar-refractivity contribution < 1.29 is 0 Å². The van der Waals surface area contributed by atoms with Crippen molar-refractivity contribution >= 4 is 0 Å². The Labute approximate surface area is 254 Å². The first-order valence-corrected chi connectivity index (χ1v) is 18.4. The molecule has 4 unspecified atom stereocenters. The lowest BCUT2D eigenvalue weighted by Gasteiger charge is -2.35. The van der Waals surface area contributed by atoms with Crippen LogP contribution in [-0.2, 0) is 0 Å². The van der Waals surface area contributed by atoms with Crippen molar-refractivity contribution in [2.45, 2.75) is 170 Å². The number of rotatable bonds is 31. The molecule has 4 atom stereocenters. The Bertz CT molecular complexity index is 439. The highest BCUT2D eigenvalue weighted by Gasteiger charge is 2.23. The number of hydrogen-bond donors (Lipinski definition) is 2. The van der Waals surface area contributed by atoms with E-state index in [4.69, 9.17) is 0 Å². The molecule has 0 aliphatic rings. The highest BCUT2D eigenvalue weighted by molar-refractivity contribution is 4.78. The van der Waals surface area contributed by atoms with Crippen LogP contribution in [-0.4, -0.2) is 74.2 Å². The summed E-state index contributed by atoms with van der Waals surface area (Å²) in [5, 5.41) is 7.51. The van der Waals surface area contributed by atoms with Crippen LogP contribution in [0.2, 0.25) is 0 Å². The van der Waals surface area contributed by atoms with Crippen molar-refractivity contribution in [3.05, 3.63) is 0 Å². The van der Waals surface area contributed by atoms with E-state index in [1.54, 1.807) is 0 Å². The van der Waals surface area contributed by atoms with Crippen LogP contribution in [0.15, 0.2) is 0 Å². The normalized spacial score (nSPS) is 15.2. The van der Waals surface area contributed by atoms with E-state index in [1.807, 2.05) is 0 Å². The molecule has 2 N–H and O–H groups in total. The average Bonchev–Trinajstić information content (AvgIpc) is 2.96. The molecule has 0 aliphatic carbocycles. The lowest BCUT2D eigenvalue weighted by atomic mass is 9.94. The van der Waals surface area contributed by atoms with Crippen molar-refractivity contribution in [3.8, 4) is 0 Å². The maximum absolute atomic E-state index is 3.76. The van der Waals surface area contributed by atoms with Crippen LogP contribution in [0.1, 0.15) is 158 Å². The van der Waals surface area contributed by atoms with E-state index >= 15 is 0 Å². The zero-order valence-corrected chi connectivity index (χ0v) is 29.2. The van der Waals surface area contributed by atoms with Crippen LogP contribution in [0.25, 0.3) is 0 Å². The van der Waals surface area contributed by atoms with Crippen LogP contribution < -0.4 is 10.6 Å². The standard InChI is InChI=1S/C36H78N4/c1-9-15-29-39(30-16-10-2)35(13-5)33(7)23-27-37-25-21-19-20-22-26-38-28-24-34(8)36(14-6)40(31-17-11-3)32-18-12-4/h33-38H,9-32H2,1-8H3. The van der Waals surface area contributed by atoms with Gasteiger partial charge in [0.1, 0.15) is 0 Å². The molecule has 0 spiro atoms. The van der Waals surface area contributed by atoms with Crippen molar-refractivity contribution in [1.82, 2.24) is 20.4 Å². The van der Waals surface area contributed by atoms with E-state index in [9.17, 15) is 0 Å². The van der Waals surface area contributed by atoms with E-state index in [2.05, 4.69) is 75.8 Å². The Balaban J connectivity index is 3.98. The predicted molar refractivity (Wildman–Crippen MR) is 183 cm³/mol. The van der Waals surface area contributed by atoms with Gasteiger partial charge in [0.15, 0.2) is 0 Å². The molecule has 0 rings (SSSR count). The lowest BCUT2D eigenvalue weighted by molar-refractivity contribution is 0.134. The molecule has 242 valence electrons. The lowest BCUT2D eigenvalue weighted by Crippen LogP contribution is -2.41. The highest BCUT2D eigenvalue weighted by atomic mass is 15.2. The Hall–Kier alpha value is -0.160. The summed E-state index contributed by atoms with van der Waals surface area (Å²) in [6, 6.07) is 1.51. The largest absolute Gasteiger partial charge is 0.317 e. The zero-order chi connectivity index (χ0) is 29.8. The molecular formula is C36H78N4. The van der Waals surface area contributed by atoms with E-state index in [0.717, 1.165) is 23.9 Å². The monoisotopic (exact) mass is 567 g/mol. The molecule has 0 fully saturated rings. The van der Waals surface area contributed by atoms with Gasteiger partial charge in [-0.05, 0) is 128 Å². The van der Waals surface area contributed by atoms with Gasteiger partial charge in [0.25, 0.3) is 0 Å². The van der Waals surface area contributed by atoms with Crippen molar-refractivity contribution in [2.75, 3.05) is 52.4 Å². The van der Waals surface area contributed by atoms with Crippen LogP contribution >= 0.6 is 0 Å². The van der Waals surface area contributed by atoms with Gasteiger partial charge in [-0.3, -0.25) is 0 Å². The molecule has 0 saturated heterocycles. The molecule has 4 nitrogen and oxygen atoms in total. The second-order valence-electron chi connectivity index (χ2n) is 12.9. The van der Waals surface area contributed by atoms with E-state index in [1.165, 1.54) is 155 Å². The van der Waals surface area contributed by atoms with Gasteiger partial charge in [-0.1, -0.05) is 93.9 Å². The minimum atomic E-state index is 0.754.